The van der Waals surface area contributed by atoms with Crippen LogP contribution in [0.3, 0.4) is 0 Å². The van der Waals surface area contributed by atoms with E-state index < -0.39 is 0 Å². The highest BCUT2D eigenvalue weighted by molar-refractivity contribution is 6.06. The molecule has 4 rings (SSSR count). The molecule has 1 aliphatic rings. The van der Waals surface area contributed by atoms with E-state index in [9.17, 15) is 4.79 Å². The summed E-state index contributed by atoms with van der Waals surface area (Å²) in [6, 6.07) is 23.1. The summed E-state index contributed by atoms with van der Waals surface area (Å²) in [7, 11) is 1.69. The lowest BCUT2D eigenvalue weighted by Crippen LogP contribution is -2.53. The molecule has 7 heteroatoms. The number of hydrogen-bond acceptors (Lipinski definition) is 5. The maximum atomic E-state index is 13.1. The van der Waals surface area contributed by atoms with Gasteiger partial charge in [-0.1, -0.05) is 24.3 Å². The molecule has 0 aliphatic carbocycles. The highest BCUT2D eigenvalue weighted by atomic mass is 16.5. The smallest absolute Gasteiger partial charge is 0.257 e. The molecule has 1 aliphatic heterocycles. The van der Waals surface area contributed by atoms with E-state index in [4.69, 9.17) is 14.5 Å². The van der Waals surface area contributed by atoms with Gasteiger partial charge in [0, 0.05) is 31.7 Å². The fourth-order valence-electron chi connectivity index (χ4n) is 4.09. The number of anilines is 1. The van der Waals surface area contributed by atoms with Crippen molar-refractivity contribution in [1.29, 1.82) is 0 Å². The normalized spacial score (nSPS) is 14.0. The monoisotopic (exact) mass is 472 g/mol. The number of hydrogen-bond donors (Lipinski definition) is 1. The molecule has 35 heavy (non-hydrogen) atoms. The van der Waals surface area contributed by atoms with Gasteiger partial charge in [-0.2, -0.15) is 0 Å². The number of piperazine rings is 1. The number of aryl methyl sites for hydroxylation is 1. The van der Waals surface area contributed by atoms with E-state index in [1.54, 1.807) is 19.2 Å². The second kappa shape index (κ2) is 11.4. The predicted molar refractivity (Wildman–Crippen MR) is 140 cm³/mol. The van der Waals surface area contributed by atoms with Crippen LogP contribution in [0.15, 0.2) is 77.8 Å². The molecule has 0 radical (unpaired) electrons. The molecule has 1 saturated heterocycles. The van der Waals surface area contributed by atoms with Crippen LogP contribution in [0.2, 0.25) is 0 Å². The molecule has 1 amide bonds. The zero-order valence-electron chi connectivity index (χ0n) is 20.5. The number of ether oxygens (including phenoxy) is 2. The Morgan fingerprint density at radius 2 is 1.71 bits per heavy atom. The van der Waals surface area contributed by atoms with E-state index in [1.165, 1.54) is 0 Å². The largest absolute Gasteiger partial charge is 0.495 e. The Bertz CT molecular complexity index is 1170. The number of aliphatic imine (C=N–C) groups is 1. The van der Waals surface area contributed by atoms with E-state index in [0.717, 1.165) is 41.5 Å². The number of amides is 1. The number of carbonyl (C=O) groups is 1. The summed E-state index contributed by atoms with van der Waals surface area (Å²) >= 11 is 0. The van der Waals surface area contributed by atoms with Gasteiger partial charge in [-0.25, -0.2) is 4.99 Å². The summed E-state index contributed by atoms with van der Waals surface area (Å²) in [6.45, 7) is 7.54. The average molecular weight is 473 g/mol. The Balaban J connectivity index is 1.53. The van der Waals surface area contributed by atoms with E-state index >= 15 is 0 Å². The van der Waals surface area contributed by atoms with Crippen LogP contribution in [0.1, 0.15) is 22.8 Å². The van der Waals surface area contributed by atoms with Crippen molar-refractivity contribution in [2.24, 2.45) is 4.99 Å². The molecule has 1 N–H and O–H groups in total. The molecule has 0 aromatic heterocycles. The van der Waals surface area contributed by atoms with Gasteiger partial charge in [0.15, 0.2) is 0 Å². The van der Waals surface area contributed by atoms with E-state index in [0.29, 0.717) is 31.2 Å². The van der Waals surface area contributed by atoms with Crippen molar-refractivity contribution in [3.8, 4) is 11.5 Å². The van der Waals surface area contributed by atoms with Gasteiger partial charge in [-0.15, -0.1) is 0 Å². The van der Waals surface area contributed by atoms with Gasteiger partial charge in [0.25, 0.3) is 5.91 Å². The van der Waals surface area contributed by atoms with Crippen molar-refractivity contribution in [3.63, 3.8) is 0 Å². The van der Waals surface area contributed by atoms with Crippen LogP contribution >= 0.6 is 0 Å². The molecule has 0 saturated carbocycles. The number of benzene rings is 3. The van der Waals surface area contributed by atoms with E-state index in [-0.39, 0.29) is 5.91 Å². The van der Waals surface area contributed by atoms with Crippen LogP contribution in [-0.4, -0.2) is 56.7 Å². The molecule has 0 atom stereocenters. The number of nitrogens with zero attached hydrogens (tertiary/aromatic N) is 3. The third-order valence-electron chi connectivity index (χ3n) is 5.89. The van der Waals surface area contributed by atoms with Crippen molar-refractivity contribution in [3.05, 3.63) is 83.9 Å². The first kappa shape index (κ1) is 24.1. The van der Waals surface area contributed by atoms with Crippen LogP contribution in [0.25, 0.3) is 0 Å². The minimum atomic E-state index is -0.202. The molecule has 1 heterocycles. The van der Waals surface area contributed by atoms with Gasteiger partial charge in [0.05, 0.1) is 25.1 Å². The third-order valence-corrected chi connectivity index (χ3v) is 5.89. The Labute approximate surface area is 207 Å². The number of rotatable bonds is 6. The van der Waals surface area contributed by atoms with Crippen molar-refractivity contribution in [1.82, 2.24) is 10.2 Å². The zero-order chi connectivity index (χ0) is 24.6. The van der Waals surface area contributed by atoms with Crippen LogP contribution in [0, 0.1) is 6.92 Å². The standard InChI is InChI=1S/C28H32N4O3/c1-4-35-24-14-12-22(13-15-24)27(33)30-28(29-23-9-7-8-21(2)20-23)32-18-16-31(17-19-32)25-10-5-6-11-26(25)34-3/h5-15,20H,4,16-19H2,1-3H3,(H,29,30,33). The molecule has 7 nitrogen and oxygen atoms in total. The summed E-state index contributed by atoms with van der Waals surface area (Å²) in [5.74, 6) is 1.95. The minimum Gasteiger partial charge on any atom is -0.495 e. The van der Waals surface area contributed by atoms with E-state index in [1.807, 2.05) is 68.4 Å². The maximum absolute atomic E-state index is 13.1. The van der Waals surface area contributed by atoms with Gasteiger partial charge in [0.1, 0.15) is 11.5 Å². The minimum absolute atomic E-state index is 0.202. The lowest BCUT2D eigenvalue weighted by molar-refractivity contribution is 0.0971. The summed E-state index contributed by atoms with van der Waals surface area (Å²) in [5, 5.41) is 3.05. The van der Waals surface area contributed by atoms with Crippen molar-refractivity contribution < 1.29 is 14.3 Å². The Kier molecular flexibility index (Phi) is 7.88. The van der Waals surface area contributed by atoms with Crippen molar-refractivity contribution in [2.45, 2.75) is 13.8 Å². The second-order valence-corrected chi connectivity index (χ2v) is 8.33. The number of methoxy groups -OCH3 is 1. The lowest BCUT2D eigenvalue weighted by Gasteiger charge is -2.38. The van der Waals surface area contributed by atoms with Crippen molar-refractivity contribution in [2.75, 3.05) is 44.8 Å². The van der Waals surface area contributed by atoms with Crippen LogP contribution in [0.4, 0.5) is 11.4 Å². The summed E-state index contributed by atoms with van der Waals surface area (Å²) < 4.78 is 11.0. The quantitative estimate of drug-likeness (QED) is 0.418. The number of para-hydroxylation sites is 2. The van der Waals surface area contributed by atoms with Gasteiger partial charge in [-0.3, -0.25) is 10.1 Å². The molecular formula is C28H32N4O3. The summed E-state index contributed by atoms with van der Waals surface area (Å²) in [5.41, 5.74) is 3.55. The fourth-order valence-corrected chi connectivity index (χ4v) is 4.09. The lowest BCUT2D eigenvalue weighted by atomic mass is 10.2. The van der Waals surface area contributed by atoms with Gasteiger partial charge >= 0.3 is 0 Å². The number of nitrogens with one attached hydrogen (secondary N) is 1. The Morgan fingerprint density at radius 3 is 2.40 bits per heavy atom. The van der Waals surface area contributed by atoms with Gasteiger partial charge in [-0.05, 0) is 67.9 Å². The first-order valence-electron chi connectivity index (χ1n) is 11.9. The molecule has 1 fully saturated rings. The molecule has 0 bridgehead atoms. The average Bonchev–Trinajstić information content (AvgIpc) is 2.89. The zero-order valence-corrected chi connectivity index (χ0v) is 20.5. The molecular weight excluding hydrogens is 440 g/mol. The molecule has 3 aromatic carbocycles. The molecule has 182 valence electrons. The van der Waals surface area contributed by atoms with Gasteiger partial charge < -0.3 is 19.3 Å². The van der Waals surface area contributed by atoms with E-state index in [2.05, 4.69) is 21.2 Å². The van der Waals surface area contributed by atoms with Crippen LogP contribution in [0.5, 0.6) is 11.5 Å². The predicted octanol–water partition coefficient (Wildman–Crippen LogP) is 4.64. The summed E-state index contributed by atoms with van der Waals surface area (Å²) in [6.07, 6.45) is 0. The summed E-state index contributed by atoms with van der Waals surface area (Å²) in [4.78, 5) is 22.4. The number of guanidine groups is 1. The Morgan fingerprint density at radius 1 is 0.971 bits per heavy atom. The highest BCUT2D eigenvalue weighted by Crippen LogP contribution is 2.28. The molecule has 3 aromatic rings. The Hall–Kier alpha value is -4.00. The first-order valence-corrected chi connectivity index (χ1v) is 11.9. The van der Waals surface area contributed by atoms with Gasteiger partial charge in [0.2, 0.25) is 5.96 Å². The van der Waals surface area contributed by atoms with Crippen molar-refractivity contribution >= 4 is 23.2 Å². The first-order chi connectivity index (χ1) is 17.1. The highest BCUT2D eigenvalue weighted by Gasteiger charge is 2.23. The van der Waals surface area contributed by atoms with Crippen LogP contribution < -0.4 is 19.7 Å². The maximum Gasteiger partial charge on any atom is 0.257 e. The number of carbonyl (C=O) groups excluding carboxylic acids is 1. The molecule has 0 unspecified atom stereocenters. The topological polar surface area (TPSA) is 66.4 Å². The van der Waals surface area contributed by atoms with Crippen LogP contribution in [-0.2, 0) is 0 Å². The molecule has 0 spiro atoms. The SMILES string of the molecule is CCOc1ccc(C(=O)NC(=Nc2cccc(C)c2)N2CCN(c3ccccc3OC)CC2)cc1. The fraction of sp³-hybridized carbons (Fsp3) is 0.286. The third kappa shape index (κ3) is 6.12. The second-order valence-electron chi connectivity index (χ2n) is 8.33.